The molecular formula is C16H22ClN3O. The monoisotopic (exact) mass is 307 g/mol. The van der Waals surface area contributed by atoms with Crippen LogP contribution in [0.15, 0.2) is 12.4 Å². The third kappa shape index (κ3) is 2.70. The summed E-state index contributed by atoms with van der Waals surface area (Å²) in [6.45, 7) is 0.602. The van der Waals surface area contributed by atoms with Crippen molar-refractivity contribution in [1.82, 2.24) is 15.1 Å². The minimum Gasteiger partial charge on any atom is -0.351 e. The number of hydrogen-bond donors (Lipinski definition) is 1. The molecule has 1 aromatic heterocycles. The van der Waals surface area contributed by atoms with E-state index in [-0.39, 0.29) is 11.4 Å². The quantitative estimate of drug-likeness (QED) is 0.929. The Balaban J connectivity index is 1.36. The Bertz CT molecular complexity index is 518. The van der Waals surface area contributed by atoms with Crippen molar-refractivity contribution < 1.29 is 4.79 Å². The van der Waals surface area contributed by atoms with Crippen LogP contribution < -0.4 is 5.32 Å². The van der Waals surface area contributed by atoms with Gasteiger partial charge >= 0.3 is 0 Å². The zero-order valence-corrected chi connectivity index (χ0v) is 13.0. The molecule has 4 aliphatic rings. The van der Waals surface area contributed by atoms with Gasteiger partial charge in [0.25, 0.3) is 0 Å². The lowest BCUT2D eigenvalue weighted by Gasteiger charge is -2.56. The Morgan fingerprint density at radius 3 is 2.43 bits per heavy atom. The van der Waals surface area contributed by atoms with E-state index in [2.05, 4.69) is 10.4 Å². The Morgan fingerprint density at radius 1 is 1.29 bits per heavy atom. The molecule has 0 aliphatic heterocycles. The number of carbonyl (C=O) groups is 1. The number of amides is 1. The average molecular weight is 308 g/mol. The molecule has 5 heteroatoms. The van der Waals surface area contributed by atoms with Crippen molar-refractivity contribution in [3.05, 3.63) is 17.4 Å². The van der Waals surface area contributed by atoms with E-state index in [1.165, 1.54) is 38.5 Å². The van der Waals surface area contributed by atoms with Gasteiger partial charge in [-0.05, 0) is 56.3 Å². The number of halogens is 1. The van der Waals surface area contributed by atoms with Crippen molar-refractivity contribution in [2.24, 2.45) is 17.8 Å². The lowest BCUT2D eigenvalue weighted by Crippen LogP contribution is -2.59. The highest BCUT2D eigenvalue weighted by atomic mass is 35.5. The highest BCUT2D eigenvalue weighted by molar-refractivity contribution is 6.30. The van der Waals surface area contributed by atoms with Crippen molar-refractivity contribution in [1.29, 1.82) is 0 Å². The molecule has 4 aliphatic carbocycles. The van der Waals surface area contributed by atoms with Crippen LogP contribution in [-0.2, 0) is 11.3 Å². The molecule has 0 unspecified atom stereocenters. The van der Waals surface area contributed by atoms with E-state index in [0.29, 0.717) is 18.0 Å². The normalized spacial score (nSPS) is 36.9. The van der Waals surface area contributed by atoms with E-state index in [1.807, 2.05) is 0 Å². The topological polar surface area (TPSA) is 46.9 Å². The lowest BCUT2D eigenvalue weighted by atomic mass is 9.53. The van der Waals surface area contributed by atoms with Gasteiger partial charge in [0, 0.05) is 24.7 Å². The maximum absolute atomic E-state index is 12.3. The first-order valence-electron chi connectivity index (χ1n) is 8.09. The zero-order chi connectivity index (χ0) is 14.4. The second-order valence-corrected chi connectivity index (χ2v) is 7.85. The molecule has 1 N–H and O–H groups in total. The fourth-order valence-corrected chi connectivity index (χ4v) is 5.46. The van der Waals surface area contributed by atoms with Crippen LogP contribution in [0.3, 0.4) is 0 Å². The Kier molecular flexibility index (Phi) is 3.25. The number of aryl methyl sites for hydroxylation is 1. The molecule has 4 saturated carbocycles. The van der Waals surface area contributed by atoms with Gasteiger partial charge in [0.05, 0.1) is 11.2 Å². The number of carbonyl (C=O) groups excluding carboxylic acids is 1. The van der Waals surface area contributed by atoms with E-state index < -0.39 is 0 Å². The zero-order valence-electron chi connectivity index (χ0n) is 12.2. The van der Waals surface area contributed by atoms with Crippen LogP contribution >= 0.6 is 11.6 Å². The van der Waals surface area contributed by atoms with E-state index in [9.17, 15) is 4.79 Å². The van der Waals surface area contributed by atoms with Crippen LogP contribution in [0.4, 0.5) is 0 Å². The van der Waals surface area contributed by atoms with E-state index in [0.717, 1.165) is 17.8 Å². The van der Waals surface area contributed by atoms with Gasteiger partial charge in [-0.2, -0.15) is 5.10 Å². The molecule has 1 aromatic rings. The fraction of sp³-hybridized carbons (Fsp3) is 0.750. The van der Waals surface area contributed by atoms with Crippen LogP contribution in [0.25, 0.3) is 0 Å². The summed E-state index contributed by atoms with van der Waals surface area (Å²) in [5, 5.41) is 8.13. The predicted molar refractivity (Wildman–Crippen MR) is 80.9 cm³/mol. The van der Waals surface area contributed by atoms with Gasteiger partial charge in [0.15, 0.2) is 0 Å². The van der Waals surface area contributed by atoms with Gasteiger partial charge in [-0.3, -0.25) is 9.48 Å². The first kappa shape index (κ1) is 13.6. The third-order valence-electron chi connectivity index (χ3n) is 5.61. The van der Waals surface area contributed by atoms with Crippen molar-refractivity contribution >= 4 is 17.5 Å². The molecule has 5 rings (SSSR count). The number of nitrogens with zero attached hydrogens (tertiary/aromatic N) is 2. The van der Waals surface area contributed by atoms with E-state index >= 15 is 0 Å². The second-order valence-electron chi connectivity index (χ2n) is 7.42. The molecule has 1 amide bonds. The molecular weight excluding hydrogens is 286 g/mol. The Morgan fingerprint density at radius 2 is 1.90 bits per heavy atom. The molecule has 0 saturated heterocycles. The third-order valence-corrected chi connectivity index (χ3v) is 5.81. The van der Waals surface area contributed by atoms with Gasteiger partial charge in [-0.15, -0.1) is 0 Å². The summed E-state index contributed by atoms with van der Waals surface area (Å²) >= 11 is 5.84. The highest BCUT2D eigenvalue weighted by Gasteiger charge is 2.51. The smallest absolute Gasteiger partial charge is 0.222 e. The van der Waals surface area contributed by atoms with Crippen molar-refractivity contribution in [2.45, 2.75) is 57.0 Å². The lowest BCUT2D eigenvalue weighted by molar-refractivity contribution is -0.127. The number of nitrogens with one attached hydrogen (secondary N) is 1. The highest BCUT2D eigenvalue weighted by Crippen LogP contribution is 2.55. The first-order chi connectivity index (χ1) is 10.1. The number of rotatable bonds is 4. The summed E-state index contributed by atoms with van der Waals surface area (Å²) in [7, 11) is 0. The first-order valence-corrected chi connectivity index (χ1v) is 8.47. The van der Waals surface area contributed by atoms with Crippen LogP contribution in [-0.4, -0.2) is 21.2 Å². The fourth-order valence-electron chi connectivity index (χ4n) is 5.30. The molecule has 4 nitrogen and oxygen atoms in total. The van der Waals surface area contributed by atoms with Crippen LogP contribution in [0.5, 0.6) is 0 Å². The molecule has 1 heterocycles. The summed E-state index contributed by atoms with van der Waals surface area (Å²) in [6.07, 6.45) is 11.7. The van der Waals surface area contributed by atoms with Crippen LogP contribution in [0, 0.1) is 17.8 Å². The van der Waals surface area contributed by atoms with Crippen molar-refractivity contribution in [3.8, 4) is 0 Å². The summed E-state index contributed by atoms with van der Waals surface area (Å²) in [5.74, 6) is 2.76. The molecule has 0 spiro atoms. The SMILES string of the molecule is O=C(CCn1cc(Cl)cn1)NC12CC3CC(CC(C3)C1)C2. The summed E-state index contributed by atoms with van der Waals surface area (Å²) in [6, 6.07) is 0. The van der Waals surface area contributed by atoms with Crippen LogP contribution in [0.1, 0.15) is 44.9 Å². The Hall–Kier alpha value is -1.03. The minimum atomic E-state index is 0.119. The van der Waals surface area contributed by atoms with E-state index in [1.54, 1.807) is 17.1 Å². The summed E-state index contributed by atoms with van der Waals surface area (Å²) < 4.78 is 1.74. The minimum absolute atomic E-state index is 0.119. The van der Waals surface area contributed by atoms with E-state index in [4.69, 9.17) is 11.6 Å². The molecule has 0 atom stereocenters. The molecule has 4 bridgehead atoms. The number of aromatic nitrogens is 2. The average Bonchev–Trinajstić information content (AvgIpc) is 2.80. The second kappa shape index (κ2) is 5.01. The van der Waals surface area contributed by atoms with Gasteiger partial charge in [-0.1, -0.05) is 11.6 Å². The van der Waals surface area contributed by atoms with Gasteiger partial charge < -0.3 is 5.32 Å². The Labute approximate surface area is 130 Å². The summed E-state index contributed by atoms with van der Waals surface area (Å²) in [4.78, 5) is 12.3. The number of hydrogen-bond acceptors (Lipinski definition) is 2. The van der Waals surface area contributed by atoms with Crippen LogP contribution in [0.2, 0.25) is 5.02 Å². The van der Waals surface area contributed by atoms with Crippen molar-refractivity contribution in [2.75, 3.05) is 0 Å². The van der Waals surface area contributed by atoms with Gasteiger partial charge in [0.2, 0.25) is 5.91 Å². The molecule has 21 heavy (non-hydrogen) atoms. The van der Waals surface area contributed by atoms with Crippen molar-refractivity contribution in [3.63, 3.8) is 0 Å². The molecule has 114 valence electrons. The predicted octanol–water partition coefficient (Wildman–Crippen LogP) is 3.01. The van der Waals surface area contributed by atoms with Gasteiger partial charge in [0.1, 0.15) is 0 Å². The summed E-state index contributed by atoms with van der Waals surface area (Å²) in [5.41, 5.74) is 0.119. The largest absolute Gasteiger partial charge is 0.351 e. The molecule has 0 radical (unpaired) electrons. The molecule has 4 fully saturated rings. The molecule has 0 aromatic carbocycles. The maximum Gasteiger partial charge on any atom is 0.222 e. The van der Waals surface area contributed by atoms with Gasteiger partial charge in [-0.25, -0.2) is 0 Å². The standard InChI is InChI=1S/C16H22ClN3O/c17-14-9-18-20(10-14)2-1-15(21)19-16-6-11-3-12(7-16)5-13(4-11)8-16/h9-13H,1-8H2,(H,19,21). The maximum atomic E-state index is 12.3.